The first-order chi connectivity index (χ1) is 21.2. The molecule has 1 N–H and O–H groups in total. The molecule has 10 nitrogen and oxygen atoms in total. The summed E-state index contributed by atoms with van der Waals surface area (Å²) in [7, 11) is -2.49. The van der Waals surface area contributed by atoms with Gasteiger partial charge in [-0.3, -0.25) is 14.6 Å². The summed E-state index contributed by atoms with van der Waals surface area (Å²) in [4.78, 5) is 36.4. The van der Waals surface area contributed by atoms with E-state index in [0.717, 1.165) is 0 Å². The van der Waals surface area contributed by atoms with Crippen LogP contribution in [0.4, 0.5) is 0 Å². The molecule has 1 amide bonds. The summed E-state index contributed by atoms with van der Waals surface area (Å²) >= 11 is 0. The van der Waals surface area contributed by atoms with Crippen molar-refractivity contribution in [2.75, 3.05) is 13.2 Å². The van der Waals surface area contributed by atoms with Gasteiger partial charge in [-0.05, 0) is 66.1 Å². The molecule has 0 aliphatic heterocycles. The molecule has 0 saturated heterocycles. The van der Waals surface area contributed by atoms with Crippen molar-refractivity contribution in [1.29, 1.82) is 0 Å². The van der Waals surface area contributed by atoms with Crippen LogP contribution in [-0.4, -0.2) is 41.3 Å². The van der Waals surface area contributed by atoms with E-state index >= 15 is 0 Å². The zero-order valence-electron chi connectivity index (χ0n) is 24.0. The van der Waals surface area contributed by atoms with E-state index in [-0.39, 0.29) is 32.2 Å². The Morgan fingerprint density at radius 3 is 1.45 bits per heavy atom. The Morgan fingerprint density at radius 2 is 1.07 bits per heavy atom. The number of carbonyl (C=O) groups is 3. The van der Waals surface area contributed by atoms with Gasteiger partial charge in [0.15, 0.2) is 0 Å². The molecule has 4 aromatic carbocycles. The molecule has 0 bridgehead atoms. The van der Waals surface area contributed by atoms with E-state index in [9.17, 15) is 24.2 Å². The van der Waals surface area contributed by atoms with E-state index in [1.54, 1.807) is 109 Å². The molecule has 0 aliphatic rings. The summed E-state index contributed by atoms with van der Waals surface area (Å²) in [5.41, 5.74) is 2.16. The molecule has 228 valence electrons. The zero-order valence-corrected chi connectivity index (χ0v) is 24.9. The Labute approximate surface area is 255 Å². The fourth-order valence-electron chi connectivity index (χ4n) is 3.89. The number of esters is 2. The van der Waals surface area contributed by atoms with E-state index in [4.69, 9.17) is 18.5 Å². The van der Waals surface area contributed by atoms with Crippen LogP contribution in [-0.2, 0) is 31.6 Å². The average molecular weight is 618 g/mol. The Morgan fingerprint density at radius 1 is 0.659 bits per heavy atom. The molecule has 44 heavy (non-hydrogen) atoms. The lowest BCUT2D eigenvalue weighted by atomic mass is 10.2. The van der Waals surface area contributed by atoms with Crippen molar-refractivity contribution in [1.82, 2.24) is 5.06 Å². The van der Waals surface area contributed by atoms with Gasteiger partial charge in [-0.15, -0.1) is 0 Å². The maximum absolute atomic E-state index is 13.7. The first-order valence-electron chi connectivity index (χ1n) is 13.8. The number of ether oxygens (including phenoxy) is 2. The Bertz CT molecular complexity index is 1470. The topological polar surface area (TPSA) is 129 Å². The molecular formula is C33H32NO9P. The van der Waals surface area contributed by atoms with Gasteiger partial charge in [-0.2, -0.15) is 0 Å². The molecular weight excluding hydrogens is 585 g/mol. The van der Waals surface area contributed by atoms with Crippen molar-refractivity contribution in [2.45, 2.75) is 26.1 Å². The minimum atomic E-state index is -3.71. The lowest BCUT2D eigenvalue weighted by Crippen LogP contribution is -2.22. The van der Waals surface area contributed by atoms with E-state index in [1.165, 1.54) is 7.05 Å². The lowest BCUT2D eigenvalue weighted by Gasteiger charge is -2.19. The second-order valence-electron chi connectivity index (χ2n) is 9.70. The number of hydrogen-bond acceptors (Lipinski definition) is 9. The molecule has 0 radical (unpaired) electrons. The molecule has 0 heterocycles. The first kappa shape index (κ1) is 32.3. The molecule has 0 saturated carbocycles. The first-order valence-corrected chi connectivity index (χ1v) is 15.5. The van der Waals surface area contributed by atoms with Crippen molar-refractivity contribution in [3.05, 3.63) is 131 Å². The van der Waals surface area contributed by atoms with Crippen LogP contribution in [0, 0.1) is 0 Å². The smallest absolute Gasteiger partial charge is 0.343 e. The largest absolute Gasteiger partial charge is 0.423 e. The van der Waals surface area contributed by atoms with E-state index in [1.807, 2.05) is 0 Å². The normalized spacial score (nSPS) is 11.0. The summed E-state index contributed by atoms with van der Waals surface area (Å²) in [5, 5.41) is 9.80. The molecule has 0 aliphatic carbocycles. The Balaban J connectivity index is 1.35. The maximum atomic E-state index is 13.7. The van der Waals surface area contributed by atoms with Crippen molar-refractivity contribution in [2.24, 2.45) is 0 Å². The monoisotopic (exact) mass is 617 g/mol. The summed E-state index contributed by atoms with van der Waals surface area (Å²) < 4.78 is 36.0. The summed E-state index contributed by atoms with van der Waals surface area (Å²) in [6.45, 7) is -0.126. The molecule has 0 aromatic heterocycles. The SMILES string of the molecule is CN(O)C(=O)CCCP(=O)(OCc1ccc(OC(=O)c2ccccc2)cc1)OCc1ccc(OC(=O)c2ccccc2)cc1. The third-order valence-electron chi connectivity index (χ3n) is 6.33. The predicted octanol–water partition coefficient (Wildman–Crippen LogP) is 6.68. The fourth-order valence-corrected chi connectivity index (χ4v) is 5.46. The van der Waals surface area contributed by atoms with Gasteiger partial charge in [0.25, 0.3) is 0 Å². The summed E-state index contributed by atoms with van der Waals surface area (Å²) in [6.07, 6.45) is 0.0442. The van der Waals surface area contributed by atoms with E-state index in [0.29, 0.717) is 38.8 Å². The highest BCUT2D eigenvalue weighted by Gasteiger charge is 2.26. The molecule has 4 rings (SSSR count). The Kier molecular flexibility index (Phi) is 11.6. The highest BCUT2D eigenvalue weighted by molar-refractivity contribution is 7.53. The molecule has 0 atom stereocenters. The van der Waals surface area contributed by atoms with Crippen molar-refractivity contribution < 1.29 is 42.7 Å². The van der Waals surface area contributed by atoms with Gasteiger partial charge in [-0.25, -0.2) is 14.7 Å². The highest BCUT2D eigenvalue weighted by Crippen LogP contribution is 2.50. The van der Waals surface area contributed by atoms with Crippen LogP contribution in [0.15, 0.2) is 109 Å². The van der Waals surface area contributed by atoms with Crippen molar-refractivity contribution >= 4 is 25.4 Å². The fraction of sp³-hybridized carbons (Fsp3) is 0.182. The molecule has 11 heteroatoms. The van der Waals surface area contributed by atoms with Crippen LogP contribution < -0.4 is 9.47 Å². The van der Waals surface area contributed by atoms with Crippen LogP contribution in [0.1, 0.15) is 44.7 Å². The average Bonchev–Trinajstić information content (AvgIpc) is 3.05. The number of rotatable bonds is 14. The van der Waals surface area contributed by atoms with Crippen LogP contribution in [0.25, 0.3) is 0 Å². The number of carbonyl (C=O) groups excluding carboxylic acids is 3. The van der Waals surface area contributed by atoms with Gasteiger partial charge in [0.2, 0.25) is 5.91 Å². The van der Waals surface area contributed by atoms with Crippen molar-refractivity contribution in [3.63, 3.8) is 0 Å². The van der Waals surface area contributed by atoms with Crippen LogP contribution in [0.3, 0.4) is 0 Å². The molecule has 0 spiro atoms. The molecule has 0 fully saturated rings. The minimum Gasteiger partial charge on any atom is -0.423 e. The van der Waals surface area contributed by atoms with E-state index in [2.05, 4.69) is 0 Å². The van der Waals surface area contributed by atoms with Gasteiger partial charge in [0, 0.05) is 13.5 Å². The third-order valence-corrected chi connectivity index (χ3v) is 8.24. The second kappa shape index (κ2) is 15.7. The van der Waals surface area contributed by atoms with Crippen LogP contribution in [0.2, 0.25) is 0 Å². The minimum absolute atomic E-state index is 0.0489. The second-order valence-corrected chi connectivity index (χ2v) is 11.9. The van der Waals surface area contributed by atoms with Gasteiger partial charge in [0.05, 0.1) is 30.5 Å². The maximum Gasteiger partial charge on any atom is 0.343 e. The summed E-state index contributed by atoms with van der Waals surface area (Å²) in [6, 6.07) is 30.3. The summed E-state index contributed by atoms with van der Waals surface area (Å²) in [5.74, 6) is -0.827. The highest BCUT2D eigenvalue weighted by atomic mass is 31.2. The van der Waals surface area contributed by atoms with Gasteiger partial charge in [-0.1, -0.05) is 60.7 Å². The van der Waals surface area contributed by atoms with Gasteiger partial charge in [0.1, 0.15) is 11.5 Å². The lowest BCUT2D eigenvalue weighted by molar-refractivity contribution is -0.159. The number of hydrogen-bond donors (Lipinski definition) is 1. The predicted molar refractivity (Wildman–Crippen MR) is 162 cm³/mol. The Hall–Kier alpha value is -4.60. The quantitative estimate of drug-likeness (QED) is 0.0542. The van der Waals surface area contributed by atoms with Crippen LogP contribution >= 0.6 is 7.60 Å². The molecule has 4 aromatic rings. The number of nitrogens with zero attached hydrogens (tertiary/aromatic N) is 1. The number of benzene rings is 4. The van der Waals surface area contributed by atoms with Crippen LogP contribution in [0.5, 0.6) is 11.5 Å². The van der Waals surface area contributed by atoms with Gasteiger partial charge >= 0.3 is 19.5 Å². The zero-order chi connectivity index (χ0) is 31.4. The number of hydroxylamine groups is 2. The molecule has 0 unspecified atom stereocenters. The number of amides is 1. The van der Waals surface area contributed by atoms with Crippen molar-refractivity contribution in [3.8, 4) is 11.5 Å². The third kappa shape index (κ3) is 10.00. The van der Waals surface area contributed by atoms with Gasteiger partial charge < -0.3 is 18.5 Å². The standard InChI is InChI=1S/C33H32NO9P/c1-34(38)31(35)13-8-22-44(39,40-23-25-14-18-29(19-15-25)42-32(36)27-9-4-2-5-10-27)41-24-26-16-20-30(21-17-26)43-33(37)28-11-6-3-7-12-28/h2-7,9-12,14-21,38H,8,13,22-24H2,1H3. The van der Waals surface area contributed by atoms with E-state index < -0.39 is 25.4 Å².